The molecule has 0 saturated heterocycles. The van der Waals surface area contributed by atoms with E-state index in [1.807, 2.05) is 0 Å². The van der Waals surface area contributed by atoms with E-state index in [1.54, 1.807) is 0 Å². The zero-order valence-electron chi connectivity index (χ0n) is 2.17. The van der Waals surface area contributed by atoms with Crippen molar-refractivity contribution in [3.63, 3.8) is 0 Å². The van der Waals surface area contributed by atoms with Gasteiger partial charge in [0.2, 0.25) is 0 Å². The Bertz CT molecular complexity index is 8.00. The van der Waals surface area contributed by atoms with Crippen molar-refractivity contribution < 1.29 is 21.1 Å². The minimum Gasteiger partial charge on any atom is -0.261 e. The first-order valence-electron chi connectivity index (χ1n) is 0.183. The number of hydrogen-bond donors (Lipinski definition) is 0. The summed E-state index contributed by atoms with van der Waals surface area (Å²) < 4.78 is 7.94. The van der Waals surface area contributed by atoms with Gasteiger partial charge in [0, 0.05) is 35.4 Å². The van der Waals surface area contributed by atoms with Gasteiger partial charge < -0.3 is 0 Å². The van der Waals surface area contributed by atoms with E-state index in [-0.39, 0.29) is 35.4 Å². The van der Waals surface area contributed by atoms with Crippen molar-refractivity contribution in [3.8, 4) is 0 Å². The van der Waals surface area contributed by atoms with Crippen molar-refractivity contribution >= 4 is 28.0 Å². The second-order valence-corrected chi connectivity index (χ2v) is 0. The molecule has 0 aliphatic carbocycles. The normalized spacial score (nSPS) is 1.00. The third-order valence-corrected chi connectivity index (χ3v) is 0. The van der Waals surface area contributed by atoms with Crippen LogP contribution in [0.4, 0.5) is 0 Å². The first kappa shape index (κ1) is 19.0. The molecule has 0 spiro atoms. The van der Waals surface area contributed by atoms with Gasteiger partial charge in [-0.2, -0.15) is 0 Å². The van der Waals surface area contributed by atoms with Gasteiger partial charge in [-0.15, -0.1) is 0 Å². The molecule has 0 unspecified atom stereocenters. The van der Waals surface area contributed by atoms with Crippen LogP contribution in [0.15, 0.2) is 0 Å². The summed E-state index contributed by atoms with van der Waals surface area (Å²) in [5.74, 6) is 0. The van der Waals surface area contributed by atoms with Gasteiger partial charge in [-0.1, -0.05) is 0 Å². The average molecular weight is 113 g/mol. The minimum atomic E-state index is 0. The van der Waals surface area contributed by atoms with Gasteiger partial charge in [-0.05, 0) is 0 Å². The van der Waals surface area contributed by atoms with Crippen LogP contribution in [0.5, 0.6) is 0 Å². The molecule has 4 heteroatoms. The van der Waals surface area contributed by atoms with Crippen molar-refractivity contribution in [1.82, 2.24) is 0 Å². The van der Waals surface area contributed by atoms with Gasteiger partial charge in [0.1, 0.15) is 0 Å². The van der Waals surface area contributed by atoms with Crippen molar-refractivity contribution in [1.29, 1.82) is 0 Å². The van der Waals surface area contributed by atoms with Crippen LogP contribution in [0.1, 0.15) is 0 Å². The summed E-state index contributed by atoms with van der Waals surface area (Å²) in [6.45, 7) is 0. The van der Waals surface area contributed by atoms with Crippen LogP contribution in [-0.2, 0) is 21.1 Å². The van der Waals surface area contributed by atoms with Gasteiger partial charge in [0.15, 0.2) is 0 Å². The molecule has 0 aromatic rings. The van der Waals surface area contributed by atoms with Crippen LogP contribution in [0.3, 0.4) is 0 Å². The maximum absolute atomic E-state index is 7.94. The third-order valence-electron chi connectivity index (χ3n) is 0. The number of rotatable bonds is 0. The van der Waals surface area contributed by atoms with Crippen LogP contribution >= 0.6 is 9.12 Å². The van der Waals surface area contributed by atoms with Crippen molar-refractivity contribution in [3.05, 3.63) is 0 Å². The van der Waals surface area contributed by atoms with E-state index in [9.17, 15) is 0 Å². The standard InChI is InChI=1S/Li.Ni.OP/c;;1-2. The predicted molar refractivity (Wildman–Crippen MR) is 13.4 cm³/mol. The fourth-order valence-corrected chi connectivity index (χ4v) is 0. The molecule has 2 radical (unpaired) electrons. The van der Waals surface area contributed by atoms with Gasteiger partial charge in [0.05, 0.1) is 0 Å². The van der Waals surface area contributed by atoms with Crippen molar-refractivity contribution in [2.24, 2.45) is 0 Å². The summed E-state index contributed by atoms with van der Waals surface area (Å²) >= 11 is 0. The Hall–Kier alpha value is 1.19. The zero-order chi connectivity index (χ0) is 2.00. The largest absolute Gasteiger partial charge is 0.261 e. The molecule has 0 aliphatic rings. The third kappa shape index (κ3) is 10.8. The Morgan fingerprint density at radius 2 is 1.25 bits per heavy atom. The van der Waals surface area contributed by atoms with Gasteiger partial charge in [0.25, 0.3) is 9.12 Å². The Morgan fingerprint density at radius 3 is 1.25 bits per heavy atom. The van der Waals surface area contributed by atoms with Gasteiger partial charge in [-0.25, -0.2) is 0 Å². The Balaban J connectivity index is -0.00000000500. The molecular weight excluding hydrogens is 113 g/mol. The van der Waals surface area contributed by atoms with Crippen molar-refractivity contribution in [2.75, 3.05) is 0 Å². The molecule has 0 aromatic heterocycles. The van der Waals surface area contributed by atoms with Gasteiger partial charge in [-0.3, -0.25) is 4.57 Å². The average Bonchev–Trinajstić information content (AvgIpc) is 1.00. The van der Waals surface area contributed by atoms with E-state index >= 15 is 0 Å². The van der Waals surface area contributed by atoms with E-state index < -0.39 is 0 Å². The predicted octanol–water partition coefficient (Wildman–Crippen LogP) is 0.359. The molecule has 1 nitrogen and oxygen atoms in total. The summed E-state index contributed by atoms with van der Waals surface area (Å²) in [5.41, 5.74) is 0. The van der Waals surface area contributed by atoms with Crippen molar-refractivity contribution in [2.45, 2.75) is 0 Å². The molecule has 0 saturated carbocycles. The SMILES string of the molecule is O=[P].[Li].[Ni]. The molecule has 0 aromatic carbocycles. The van der Waals surface area contributed by atoms with Gasteiger partial charge >= 0.3 is 0 Å². The van der Waals surface area contributed by atoms with E-state index in [1.165, 1.54) is 0 Å². The monoisotopic (exact) mass is 112 g/mol. The smallest absolute Gasteiger partial charge is 0.261 e. The molecular formula is LiNiOP. The molecule has 0 atom stereocenters. The molecule has 0 fully saturated rings. The second-order valence-electron chi connectivity index (χ2n) is 0. The van der Waals surface area contributed by atoms with E-state index in [0.29, 0.717) is 0 Å². The van der Waals surface area contributed by atoms with Crippen LogP contribution in [0.25, 0.3) is 0 Å². The summed E-state index contributed by atoms with van der Waals surface area (Å²) in [4.78, 5) is 0. The Labute approximate surface area is 49.3 Å². The topological polar surface area (TPSA) is 17.1 Å². The van der Waals surface area contributed by atoms with E-state index in [4.69, 9.17) is 4.57 Å². The molecule has 0 rings (SSSR count). The molecule has 0 amide bonds. The van der Waals surface area contributed by atoms with Crippen LogP contribution in [-0.4, -0.2) is 18.9 Å². The first-order valence-corrected chi connectivity index (χ1v) is 0.548. The van der Waals surface area contributed by atoms with E-state index in [2.05, 4.69) is 9.12 Å². The summed E-state index contributed by atoms with van der Waals surface area (Å²) in [6, 6.07) is 0. The molecule has 0 aliphatic heterocycles. The van der Waals surface area contributed by atoms with Crippen LogP contribution < -0.4 is 0 Å². The summed E-state index contributed by atoms with van der Waals surface area (Å²) in [7, 11) is 2.28. The zero-order valence-corrected chi connectivity index (χ0v) is 4.05. The summed E-state index contributed by atoms with van der Waals surface area (Å²) in [5, 5.41) is 0. The van der Waals surface area contributed by atoms with Crippen LogP contribution in [0.2, 0.25) is 0 Å². The number of hydrogen-bond acceptors (Lipinski definition) is 1. The first-order chi connectivity index (χ1) is 1.00. The molecule has 22 valence electrons. The second kappa shape index (κ2) is 30.1. The molecule has 0 N–H and O–H groups in total. The molecule has 4 heavy (non-hydrogen) atoms. The fraction of sp³-hybridized carbons (Fsp3) is 0. The summed E-state index contributed by atoms with van der Waals surface area (Å²) in [6.07, 6.45) is 0. The molecule has 0 heterocycles. The minimum absolute atomic E-state index is 0. The maximum atomic E-state index is 7.94. The Kier molecular flexibility index (Phi) is 143. The van der Waals surface area contributed by atoms with E-state index in [0.717, 1.165) is 0 Å². The van der Waals surface area contributed by atoms with Crippen LogP contribution in [0, 0.1) is 0 Å². The maximum Gasteiger partial charge on any atom is 0.261 e. The quantitative estimate of drug-likeness (QED) is 0.327. The molecule has 0 bridgehead atoms. The Morgan fingerprint density at radius 1 is 1.25 bits per heavy atom. The fourth-order valence-electron chi connectivity index (χ4n) is 0.